The fourth-order valence-corrected chi connectivity index (χ4v) is 2.58. The molecule has 1 aromatic heterocycles. The zero-order valence-corrected chi connectivity index (χ0v) is 11.0. The van der Waals surface area contributed by atoms with Gasteiger partial charge in [0.25, 0.3) is 0 Å². The van der Waals surface area contributed by atoms with Crippen molar-refractivity contribution in [1.82, 2.24) is 0 Å². The molecule has 0 aliphatic carbocycles. The Morgan fingerprint density at radius 1 is 1.38 bits per heavy atom. The molecule has 0 spiro atoms. The molecule has 0 saturated heterocycles. The minimum Gasteiger partial charge on any atom is -0.496 e. The van der Waals surface area contributed by atoms with Gasteiger partial charge in [0.2, 0.25) is 5.78 Å². The van der Waals surface area contributed by atoms with E-state index in [2.05, 4.69) is 15.9 Å². The zero-order chi connectivity index (χ0) is 11.5. The van der Waals surface area contributed by atoms with Crippen molar-refractivity contribution in [3.63, 3.8) is 0 Å². The lowest BCUT2D eigenvalue weighted by Gasteiger charge is -2.04. The van der Waals surface area contributed by atoms with Crippen molar-refractivity contribution in [1.29, 1.82) is 0 Å². The van der Waals surface area contributed by atoms with Crippen molar-refractivity contribution in [3.8, 4) is 5.75 Å². The van der Waals surface area contributed by atoms with Crippen LogP contribution in [0.25, 0.3) is 0 Å². The van der Waals surface area contributed by atoms with E-state index in [1.807, 2.05) is 17.5 Å². The summed E-state index contributed by atoms with van der Waals surface area (Å²) in [6, 6.07) is 9.03. The number of carbonyl (C=O) groups is 1. The van der Waals surface area contributed by atoms with Gasteiger partial charge in [-0.1, -0.05) is 6.07 Å². The number of benzene rings is 1. The second-order valence-electron chi connectivity index (χ2n) is 3.16. The van der Waals surface area contributed by atoms with Crippen LogP contribution in [0.1, 0.15) is 15.2 Å². The van der Waals surface area contributed by atoms with E-state index in [1.165, 1.54) is 11.3 Å². The van der Waals surface area contributed by atoms with Crippen LogP contribution < -0.4 is 4.74 Å². The summed E-state index contributed by atoms with van der Waals surface area (Å²) < 4.78 is 5.90. The molecule has 2 aromatic rings. The molecule has 0 aliphatic rings. The van der Waals surface area contributed by atoms with Crippen LogP contribution in [0.5, 0.6) is 5.75 Å². The Hall–Kier alpha value is -1.13. The number of halogens is 1. The molecule has 0 bridgehead atoms. The molecule has 4 heteroatoms. The lowest BCUT2D eigenvalue weighted by Crippen LogP contribution is -1.98. The van der Waals surface area contributed by atoms with Gasteiger partial charge >= 0.3 is 0 Å². The highest BCUT2D eigenvalue weighted by Gasteiger charge is 2.11. The number of methoxy groups -OCH3 is 1. The molecule has 1 heterocycles. The quantitative estimate of drug-likeness (QED) is 0.807. The molecule has 2 nitrogen and oxygen atoms in total. The molecular formula is C12H9BrO2S. The number of ketones is 1. The third-order valence-corrected chi connectivity index (χ3v) is 3.65. The smallest absolute Gasteiger partial charge is 0.202 e. The van der Waals surface area contributed by atoms with Gasteiger partial charge in [0.1, 0.15) is 5.75 Å². The van der Waals surface area contributed by atoms with Crippen LogP contribution in [-0.2, 0) is 0 Å². The Morgan fingerprint density at radius 2 is 2.19 bits per heavy atom. The molecule has 1 aromatic carbocycles. The minimum atomic E-state index is 0.0401. The third kappa shape index (κ3) is 2.18. The summed E-state index contributed by atoms with van der Waals surface area (Å²) >= 11 is 4.81. The third-order valence-electron chi connectivity index (χ3n) is 2.16. The first-order valence-corrected chi connectivity index (χ1v) is 6.31. The second-order valence-corrected chi connectivity index (χ2v) is 4.96. The molecule has 0 N–H and O–H groups in total. The van der Waals surface area contributed by atoms with E-state index in [0.29, 0.717) is 5.56 Å². The summed E-state index contributed by atoms with van der Waals surface area (Å²) in [4.78, 5) is 12.8. The van der Waals surface area contributed by atoms with Crippen molar-refractivity contribution in [3.05, 3.63) is 50.6 Å². The van der Waals surface area contributed by atoms with E-state index in [-0.39, 0.29) is 5.78 Å². The van der Waals surface area contributed by atoms with Gasteiger partial charge in [-0.05, 0) is 45.6 Å². The van der Waals surface area contributed by atoms with Gasteiger partial charge in [-0.25, -0.2) is 0 Å². The molecule has 0 aliphatic heterocycles. The molecule has 82 valence electrons. The molecule has 2 rings (SSSR count). The van der Waals surface area contributed by atoms with Gasteiger partial charge in [0.15, 0.2) is 0 Å². The Kier molecular flexibility index (Phi) is 3.41. The Bertz CT molecular complexity index is 506. The SMILES string of the molecule is COc1ccc(C(=O)c2cccs2)cc1Br. The maximum atomic E-state index is 12.0. The topological polar surface area (TPSA) is 26.3 Å². The summed E-state index contributed by atoms with van der Waals surface area (Å²) in [7, 11) is 1.60. The summed E-state index contributed by atoms with van der Waals surface area (Å²) in [5.74, 6) is 0.765. The maximum Gasteiger partial charge on any atom is 0.202 e. The van der Waals surface area contributed by atoms with Crippen molar-refractivity contribution in [2.75, 3.05) is 7.11 Å². The number of thiophene rings is 1. The van der Waals surface area contributed by atoms with Crippen molar-refractivity contribution in [2.45, 2.75) is 0 Å². The summed E-state index contributed by atoms with van der Waals surface area (Å²) in [6.07, 6.45) is 0. The van der Waals surface area contributed by atoms with E-state index in [0.717, 1.165) is 15.1 Å². The van der Waals surface area contributed by atoms with Crippen molar-refractivity contribution < 1.29 is 9.53 Å². The van der Waals surface area contributed by atoms with Crippen LogP contribution in [0.2, 0.25) is 0 Å². The van der Waals surface area contributed by atoms with Crippen molar-refractivity contribution in [2.24, 2.45) is 0 Å². The summed E-state index contributed by atoms with van der Waals surface area (Å²) in [6.45, 7) is 0. The van der Waals surface area contributed by atoms with Gasteiger partial charge in [-0.3, -0.25) is 4.79 Å². The van der Waals surface area contributed by atoms with E-state index in [9.17, 15) is 4.79 Å². The number of carbonyl (C=O) groups excluding carboxylic acids is 1. The molecule has 0 saturated carbocycles. The van der Waals surface area contributed by atoms with Gasteiger partial charge in [-0.15, -0.1) is 11.3 Å². The van der Waals surface area contributed by atoms with Crippen LogP contribution in [0.15, 0.2) is 40.2 Å². The summed E-state index contributed by atoms with van der Waals surface area (Å²) in [5, 5.41) is 1.89. The van der Waals surface area contributed by atoms with E-state index >= 15 is 0 Å². The van der Waals surface area contributed by atoms with Crippen molar-refractivity contribution >= 4 is 33.0 Å². The molecule has 0 radical (unpaired) electrons. The number of ether oxygens (including phenoxy) is 1. The maximum absolute atomic E-state index is 12.0. The average Bonchev–Trinajstić information content (AvgIpc) is 2.81. The van der Waals surface area contributed by atoms with Crippen LogP contribution in [0, 0.1) is 0 Å². The number of hydrogen-bond acceptors (Lipinski definition) is 3. The number of hydrogen-bond donors (Lipinski definition) is 0. The first-order valence-electron chi connectivity index (χ1n) is 4.64. The molecule has 0 amide bonds. The first-order chi connectivity index (χ1) is 7.72. The predicted octanol–water partition coefficient (Wildman–Crippen LogP) is 3.75. The largest absolute Gasteiger partial charge is 0.496 e. The highest BCUT2D eigenvalue weighted by Crippen LogP contribution is 2.27. The Balaban J connectivity index is 2.35. The van der Waals surface area contributed by atoms with Gasteiger partial charge in [-0.2, -0.15) is 0 Å². The minimum absolute atomic E-state index is 0.0401. The van der Waals surface area contributed by atoms with Crippen LogP contribution in [0.3, 0.4) is 0 Å². The molecule has 0 atom stereocenters. The lowest BCUT2D eigenvalue weighted by atomic mass is 10.1. The van der Waals surface area contributed by atoms with Crippen LogP contribution in [0.4, 0.5) is 0 Å². The molecule has 16 heavy (non-hydrogen) atoms. The van der Waals surface area contributed by atoms with Gasteiger partial charge in [0, 0.05) is 5.56 Å². The van der Waals surface area contributed by atoms with E-state index < -0.39 is 0 Å². The van der Waals surface area contributed by atoms with E-state index in [4.69, 9.17) is 4.74 Å². The average molecular weight is 297 g/mol. The Morgan fingerprint density at radius 3 is 2.75 bits per heavy atom. The van der Waals surface area contributed by atoms with Gasteiger partial charge < -0.3 is 4.74 Å². The highest BCUT2D eigenvalue weighted by atomic mass is 79.9. The lowest BCUT2D eigenvalue weighted by molar-refractivity contribution is 0.104. The summed E-state index contributed by atoms with van der Waals surface area (Å²) in [5.41, 5.74) is 0.662. The second kappa shape index (κ2) is 4.80. The van der Waals surface area contributed by atoms with Crippen LogP contribution >= 0.6 is 27.3 Å². The fourth-order valence-electron chi connectivity index (χ4n) is 1.36. The zero-order valence-electron chi connectivity index (χ0n) is 8.57. The van der Waals surface area contributed by atoms with Gasteiger partial charge in [0.05, 0.1) is 16.5 Å². The van der Waals surface area contributed by atoms with E-state index in [1.54, 1.807) is 25.3 Å². The monoisotopic (exact) mass is 296 g/mol. The predicted molar refractivity (Wildman–Crippen MR) is 68.4 cm³/mol. The fraction of sp³-hybridized carbons (Fsp3) is 0.0833. The van der Waals surface area contributed by atoms with Crippen LogP contribution in [-0.4, -0.2) is 12.9 Å². The molecule has 0 unspecified atom stereocenters. The number of rotatable bonds is 3. The first kappa shape index (κ1) is 11.4. The molecule has 0 fully saturated rings. The highest BCUT2D eigenvalue weighted by molar-refractivity contribution is 9.10. The normalized spacial score (nSPS) is 10.1. The standard InChI is InChI=1S/C12H9BrO2S/c1-15-10-5-4-8(7-9(10)13)12(14)11-3-2-6-16-11/h2-7H,1H3. The molecular weight excluding hydrogens is 288 g/mol. The Labute approximate surface area is 106 Å².